The molecule has 104 valence electrons. The molecular weight excluding hydrogens is 267 g/mol. The maximum atomic E-state index is 14.0. The topological polar surface area (TPSA) is 67.6 Å². The Kier molecular flexibility index (Phi) is 3.38. The molecule has 21 heavy (non-hydrogen) atoms. The zero-order chi connectivity index (χ0) is 14.8. The smallest absolute Gasteiger partial charge is 0.140 e. The van der Waals surface area contributed by atoms with Crippen molar-refractivity contribution in [3.05, 3.63) is 65.2 Å². The van der Waals surface area contributed by atoms with Crippen molar-refractivity contribution in [1.29, 1.82) is 5.26 Å². The lowest BCUT2D eigenvalue weighted by Gasteiger charge is -2.06. The molecule has 0 spiro atoms. The van der Waals surface area contributed by atoms with E-state index in [1.54, 1.807) is 18.3 Å². The van der Waals surface area contributed by atoms with Crippen LogP contribution in [0.25, 0.3) is 11.0 Å². The molecule has 0 fully saturated rings. The van der Waals surface area contributed by atoms with Crippen molar-refractivity contribution in [1.82, 2.24) is 9.55 Å². The summed E-state index contributed by atoms with van der Waals surface area (Å²) >= 11 is 0. The number of hydrogen-bond donors (Lipinski definition) is 1. The van der Waals surface area contributed by atoms with Crippen molar-refractivity contribution in [3.8, 4) is 6.07 Å². The Morgan fingerprint density at radius 2 is 2.14 bits per heavy atom. The number of benzene rings is 1. The van der Waals surface area contributed by atoms with Crippen LogP contribution in [-0.4, -0.2) is 9.55 Å². The third-order valence-electron chi connectivity index (χ3n) is 3.46. The average Bonchev–Trinajstić information content (AvgIpc) is 2.87. The van der Waals surface area contributed by atoms with E-state index in [-0.39, 0.29) is 5.82 Å². The van der Waals surface area contributed by atoms with Gasteiger partial charge in [-0.1, -0.05) is 6.07 Å². The highest BCUT2D eigenvalue weighted by Crippen LogP contribution is 2.21. The number of hydrogen-bond acceptors (Lipinski definition) is 3. The summed E-state index contributed by atoms with van der Waals surface area (Å²) in [6.07, 6.45) is 3.60. The van der Waals surface area contributed by atoms with Crippen LogP contribution in [-0.2, 0) is 13.1 Å². The predicted molar refractivity (Wildman–Crippen MR) is 77.8 cm³/mol. The fourth-order valence-corrected chi connectivity index (χ4v) is 2.41. The Balaban J connectivity index is 2.04. The van der Waals surface area contributed by atoms with E-state index in [1.807, 2.05) is 29.0 Å². The summed E-state index contributed by atoms with van der Waals surface area (Å²) in [6, 6.07) is 10.2. The molecule has 5 heteroatoms. The zero-order valence-electron chi connectivity index (χ0n) is 11.3. The van der Waals surface area contributed by atoms with Crippen LogP contribution in [0, 0.1) is 17.1 Å². The normalized spacial score (nSPS) is 10.7. The van der Waals surface area contributed by atoms with Gasteiger partial charge < -0.3 is 10.3 Å². The molecule has 0 aliphatic heterocycles. The van der Waals surface area contributed by atoms with Crippen molar-refractivity contribution < 1.29 is 4.39 Å². The van der Waals surface area contributed by atoms with Gasteiger partial charge in [-0.3, -0.25) is 0 Å². The molecule has 1 aromatic carbocycles. The van der Waals surface area contributed by atoms with Crippen LogP contribution in [0.2, 0.25) is 0 Å². The largest absolute Gasteiger partial charge is 0.328 e. The lowest BCUT2D eigenvalue weighted by atomic mass is 10.1. The summed E-state index contributed by atoms with van der Waals surface area (Å²) in [5, 5.41) is 9.75. The Morgan fingerprint density at radius 1 is 1.29 bits per heavy atom. The summed E-state index contributed by atoms with van der Waals surface area (Å²) in [5.74, 6) is -0.388. The van der Waals surface area contributed by atoms with E-state index >= 15 is 0 Å². The molecule has 0 aliphatic rings. The minimum absolute atomic E-state index is 0.314. The van der Waals surface area contributed by atoms with E-state index in [0.717, 1.165) is 16.6 Å². The van der Waals surface area contributed by atoms with Gasteiger partial charge in [0.15, 0.2) is 0 Å². The first-order chi connectivity index (χ1) is 10.2. The molecule has 0 aliphatic carbocycles. The average molecular weight is 280 g/mol. The Labute approximate surface area is 121 Å². The fourth-order valence-electron chi connectivity index (χ4n) is 2.41. The summed E-state index contributed by atoms with van der Waals surface area (Å²) in [4.78, 5) is 4.34. The first-order valence-corrected chi connectivity index (χ1v) is 6.54. The van der Waals surface area contributed by atoms with E-state index < -0.39 is 0 Å². The summed E-state index contributed by atoms with van der Waals surface area (Å²) in [5.41, 5.74) is 8.33. The molecule has 0 atom stereocenters. The molecule has 0 saturated heterocycles. The molecule has 2 N–H and O–H groups in total. The number of rotatable bonds is 3. The van der Waals surface area contributed by atoms with Crippen molar-refractivity contribution >= 4 is 11.0 Å². The van der Waals surface area contributed by atoms with Crippen molar-refractivity contribution in [2.24, 2.45) is 5.73 Å². The maximum Gasteiger partial charge on any atom is 0.140 e. The van der Waals surface area contributed by atoms with Crippen LogP contribution in [0.1, 0.15) is 16.7 Å². The number of aromatic nitrogens is 2. The van der Waals surface area contributed by atoms with Gasteiger partial charge in [0.05, 0.1) is 18.2 Å². The maximum absolute atomic E-state index is 14.0. The van der Waals surface area contributed by atoms with Crippen LogP contribution in [0.3, 0.4) is 0 Å². The first kappa shape index (κ1) is 13.3. The van der Waals surface area contributed by atoms with Crippen LogP contribution >= 0.6 is 0 Å². The van der Waals surface area contributed by atoms with Crippen LogP contribution in [0.15, 0.2) is 42.7 Å². The SMILES string of the molecule is N#Cc1ccc(Cn2cc(CN)c3cccnc32)c(F)c1. The Morgan fingerprint density at radius 3 is 2.86 bits per heavy atom. The first-order valence-electron chi connectivity index (χ1n) is 6.54. The van der Waals surface area contributed by atoms with Gasteiger partial charge >= 0.3 is 0 Å². The fraction of sp³-hybridized carbons (Fsp3) is 0.125. The standard InChI is InChI=1S/C16H13FN4/c17-15-6-11(7-18)3-4-12(15)9-21-10-13(8-19)14-2-1-5-20-16(14)21/h1-6,10H,8-9,19H2. The number of nitriles is 1. The Bertz CT molecular complexity index is 845. The summed E-state index contributed by atoms with van der Waals surface area (Å²) in [7, 11) is 0. The summed E-state index contributed by atoms with van der Waals surface area (Å²) < 4.78 is 15.9. The number of pyridine rings is 1. The highest BCUT2D eigenvalue weighted by molar-refractivity contribution is 5.80. The number of nitrogens with zero attached hydrogens (tertiary/aromatic N) is 3. The molecular formula is C16H13FN4. The number of fused-ring (bicyclic) bond motifs is 1. The van der Waals surface area contributed by atoms with Gasteiger partial charge in [0.2, 0.25) is 0 Å². The molecule has 3 aromatic rings. The highest BCUT2D eigenvalue weighted by Gasteiger charge is 2.10. The van der Waals surface area contributed by atoms with Gasteiger partial charge in [-0.15, -0.1) is 0 Å². The van der Waals surface area contributed by atoms with E-state index in [4.69, 9.17) is 11.0 Å². The lowest BCUT2D eigenvalue weighted by Crippen LogP contribution is -2.02. The van der Waals surface area contributed by atoms with Crippen molar-refractivity contribution in [2.75, 3.05) is 0 Å². The molecule has 0 radical (unpaired) electrons. The monoisotopic (exact) mass is 280 g/mol. The summed E-state index contributed by atoms with van der Waals surface area (Å²) in [6.45, 7) is 0.760. The predicted octanol–water partition coefficient (Wildman–Crippen LogP) is 2.55. The molecule has 3 rings (SSSR count). The molecule has 2 aromatic heterocycles. The second-order valence-corrected chi connectivity index (χ2v) is 4.78. The number of halogens is 1. The lowest BCUT2D eigenvalue weighted by molar-refractivity contribution is 0.601. The Hall–Kier alpha value is -2.71. The highest BCUT2D eigenvalue weighted by atomic mass is 19.1. The third-order valence-corrected chi connectivity index (χ3v) is 3.46. The van der Waals surface area contributed by atoms with Gasteiger partial charge in [0.25, 0.3) is 0 Å². The van der Waals surface area contributed by atoms with E-state index in [0.29, 0.717) is 24.2 Å². The van der Waals surface area contributed by atoms with E-state index in [9.17, 15) is 4.39 Å². The second-order valence-electron chi connectivity index (χ2n) is 4.78. The second kappa shape index (κ2) is 5.35. The zero-order valence-corrected chi connectivity index (χ0v) is 11.3. The van der Waals surface area contributed by atoms with Gasteiger partial charge in [0, 0.05) is 29.9 Å². The number of nitrogens with two attached hydrogens (primary N) is 1. The van der Waals surface area contributed by atoms with Gasteiger partial charge in [-0.2, -0.15) is 5.26 Å². The van der Waals surface area contributed by atoms with E-state index in [2.05, 4.69) is 4.98 Å². The van der Waals surface area contributed by atoms with Gasteiger partial charge in [0.1, 0.15) is 11.5 Å². The van der Waals surface area contributed by atoms with Gasteiger partial charge in [-0.05, 0) is 29.8 Å². The molecule has 0 unspecified atom stereocenters. The molecule has 0 bridgehead atoms. The molecule has 2 heterocycles. The quantitative estimate of drug-likeness (QED) is 0.801. The molecule has 4 nitrogen and oxygen atoms in total. The van der Waals surface area contributed by atoms with Crippen molar-refractivity contribution in [3.63, 3.8) is 0 Å². The van der Waals surface area contributed by atoms with Crippen LogP contribution in [0.5, 0.6) is 0 Å². The molecule has 0 saturated carbocycles. The third kappa shape index (κ3) is 2.37. The van der Waals surface area contributed by atoms with Crippen molar-refractivity contribution in [2.45, 2.75) is 13.1 Å². The van der Waals surface area contributed by atoms with E-state index in [1.165, 1.54) is 6.07 Å². The van der Waals surface area contributed by atoms with Crippen LogP contribution in [0.4, 0.5) is 4.39 Å². The minimum atomic E-state index is -0.388. The van der Waals surface area contributed by atoms with Gasteiger partial charge in [-0.25, -0.2) is 9.37 Å². The molecule has 0 amide bonds. The van der Waals surface area contributed by atoms with Crippen LogP contribution < -0.4 is 5.73 Å². The minimum Gasteiger partial charge on any atom is -0.328 e.